The molecule has 26 heavy (non-hydrogen) atoms. The summed E-state index contributed by atoms with van der Waals surface area (Å²) in [6.45, 7) is 3.83. The number of halogens is 1. The number of nitrogens with zero attached hydrogens (tertiary/aromatic N) is 3. The van der Waals surface area contributed by atoms with Crippen LogP contribution in [0.15, 0.2) is 41.2 Å². The van der Waals surface area contributed by atoms with E-state index in [4.69, 9.17) is 11.6 Å². The molecule has 0 aliphatic rings. The molecule has 2 amide bonds. The molecule has 0 spiro atoms. The summed E-state index contributed by atoms with van der Waals surface area (Å²) in [4.78, 5) is 30.7. The Bertz CT molecular complexity index is 993. The third kappa shape index (κ3) is 4.28. The van der Waals surface area contributed by atoms with E-state index in [0.29, 0.717) is 28.8 Å². The molecule has 2 aromatic heterocycles. The number of H-pyrrole nitrogens is 1. The van der Waals surface area contributed by atoms with E-state index in [-0.39, 0.29) is 11.5 Å². The molecule has 2 heterocycles. The number of anilines is 1. The molecule has 0 aliphatic carbocycles. The molecule has 1 aromatic carbocycles. The first-order valence-electron chi connectivity index (χ1n) is 7.85. The summed E-state index contributed by atoms with van der Waals surface area (Å²) in [6.07, 6.45) is 0. The lowest BCUT2D eigenvalue weighted by atomic mass is 10.2. The van der Waals surface area contributed by atoms with Gasteiger partial charge in [0.25, 0.3) is 5.56 Å². The molecule has 3 rings (SSSR count). The highest BCUT2D eigenvalue weighted by atomic mass is 35.5. The zero-order valence-corrected chi connectivity index (χ0v) is 15.0. The normalized spacial score (nSPS) is 10.6. The van der Waals surface area contributed by atoms with Gasteiger partial charge in [0.05, 0.1) is 5.69 Å². The fraction of sp³-hybridized carbons (Fsp3) is 0.176. The summed E-state index contributed by atoms with van der Waals surface area (Å²) in [7, 11) is 0. The molecule has 134 valence electrons. The largest absolute Gasteiger partial charge is 0.334 e. The second-order valence-electron chi connectivity index (χ2n) is 5.73. The number of carbonyl (C=O) groups excluding carboxylic acids is 1. The Morgan fingerprint density at radius 1 is 1.19 bits per heavy atom. The minimum absolute atomic E-state index is 0.233. The van der Waals surface area contributed by atoms with E-state index >= 15 is 0 Å². The molecular formula is C17H17ClN6O2. The van der Waals surface area contributed by atoms with E-state index in [9.17, 15) is 9.59 Å². The monoisotopic (exact) mass is 372 g/mol. The van der Waals surface area contributed by atoms with Crippen LogP contribution in [0.1, 0.15) is 17.0 Å². The third-order valence-electron chi connectivity index (χ3n) is 3.50. The molecule has 3 aromatic rings. The van der Waals surface area contributed by atoms with Crippen LogP contribution in [-0.2, 0) is 6.54 Å². The molecule has 9 heteroatoms. The highest BCUT2D eigenvalue weighted by molar-refractivity contribution is 6.30. The van der Waals surface area contributed by atoms with Crippen LogP contribution < -0.4 is 16.2 Å². The van der Waals surface area contributed by atoms with Gasteiger partial charge >= 0.3 is 6.03 Å². The second kappa shape index (κ2) is 7.40. The molecular weight excluding hydrogens is 356 g/mol. The van der Waals surface area contributed by atoms with E-state index < -0.39 is 6.03 Å². The van der Waals surface area contributed by atoms with E-state index in [0.717, 1.165) is 5.56 Å². The number of nitrogens with one attached hydrogen (secondary N) is 3. The predicted octanol–water partition coefficient (Wildman–Crippen LogP) is 2.55. The first-order chi connectivity index (χ1) is 12.4. The lowest BCUT2D eigenvalue weighted by Gasteiger charge is -2.10. The molecule has 0 unspecified atom stereocenters. The van der Waals surface area contributed by atoms with Crippen LogP contribution in [0.2, 0.25) is 5.02 Å². The number of rotatable bonds is 4. The Labute approximate surface area is 154 Å². The van der Waals surface area contributed by atoms with Crippen LogP contribution in [0.4, 0.5) is 10.6 Å². The van der Waals surface area contributed by atoms with Gasteiger partial charge in [-0.1, -0.05) is 23.7 Å². The number of hydrogen-bond acceptors (Lipinski definition) is 4. The summed E-state index contributed by atoms with van der Waals surface area (Å²) < 4.78 is 1.38. The summed E-state index contributed by atoms with van der Waals surface area (Å²) in [5.41, 5.74) is 1.84. The Hall–Kier alpha value is -3.13. The van der Waals surface area contributed by atoms with Gasteiger partial charge in [0.2, 0.25) is 5.95 Å². The number of amides is 2. The van der Waals surface area contributed by atoms with Gasteiger partial charge < -0.3 is 5.32 Å². The minimum atomic E-state index is -0.406. The van der Waals surface area contributed by atoms with Crippen LogP contribution >= 0.6 is 11.6 Å². The maximum atomic E-state index is 12.2. The molecule has 0 fully saturated rings. The van der Waals surface area contributed by atoms with Crippen molar-refractivity contribution in [3.05, 3.63) is 68.7 Å². The van der Waals surface area contributed by atoms with Gasteiger partial charge in [0.15, 0.2) is 0 Å². The topological polar surface area (TPSA) is 105 Å². The molecule has 3 N–H and O–H groups in total. The van der Waals surface area contributed by atoms with E-state index in [1.54, 1.807) is 32.0 Å². The molecule has 0 saturated heterocycles. The molecule has 0 radical (unpaired) electrons. The number of aromatic amines is 1. The molecule has 0 aliphatic heterocycles. The first-order valence-corrected chi connectivity index (χ1v) is 8.23. The average molecular weight is 373 g/mol. The summed E-state index contributed by atoms with van der Waals surface area (Å²) >= 11 is 5.84. The van der Waals surface area contributed by atoms with Gasteiger partial charge in [-0.25, -0.2) is 9.78 Å². The quantitative estimate of drug-likeness (QED) is 0.654. The summed E-state index contributed by atoms with van der Waals surface area (Å²) in [6, 6.07) is 9.84. The lowest BCUT2D eigenvalue weighted by Crippen LogP contribution is -2.29. The SMILES string of the molecule is Cc1cc(=O)[nH]c(-n2nc(C)cc2NC(=O)NCc2ccc(Cl)cc2)n1. The predicted molar refractivity (Wildman–Crippen MR) is 98.8 cm³/mol. The number of hydrogen-bond donors (Lipinski definition) is 3. The van der Waals surface area contributed by atoms with Crippen molar-refractivity contribution in [3.8, 4) is 5.95 Å². The van der Waals surface area contributed by atoms with Gasteiger partial charge in [-0.3, -0.25) is 15.1 Å². The van der Waals surface area contributed by atoms with E-state index in [1.165, 1.54) is 10.7 Å². The lowest BCUT2D eigenvalue weighted by molar-refractivity contribution is 0.251. The summed E-state index contributed by atoms with van der Waals surface area (Å²) in [5.74, 6) is 0.626. The maximum absolute atomic E-state index is 12.2. The first kappa shape index (κ1) is 17.7. The number of urea groups is 1. The van der Waals surface area contributed by atoms with Crippen molar-refractivity contribution in [2.45, 2.75) is 20.4 Å². The average Bonchev–Trinajstić information content (AvgIpc) is 2.94. The number of aryl methyl sites for hydroxylation is 2. The molecule has 0 atom stereocenters. The number of carbonyl (C=O) groups is 1. The van der Waals surface area contributed by atoms with E-state index in [1.807, 2.05) is 12.1 Å². The third-order valence-corrected chi connectivity index (χ3v) is 3.75. The van der Waals surface area contributed by atoms with Crippen molar-refractivity contribution in [1.82, 2.24) is 25.1 Å². The Kier molecular flexibility index (Phi) is 5.04. The highest BCUT2D eigenvalue weighted by Crippen LogP contribution is 2.14. The number of aromatic nitrogens is 4. The van der Waals surface area contributed by atoms with Gasteiger partial charge in [0.1, 0.15) is 5.82 Å². The Balaban J connectivity index is 1.74. The smallest absolute Gasteiger partial charge is 0.320 e. The second-order valence-corrected chi connectivity index (χ2v) is 6.16. The number of benzene rings is 1. The van der Waals surface area contributed by atoms with Crippen molar-refractivity contribution in [2.75, 3.05) is 5.32 Å². The fourth-order valence-electron chi connectivity index (χ4n) is 2.36. The Morgan fingerprint density at radius 3 is 2.62 bits per heavy atom. The van der Waals surface area contributed by atoms with Crippen molar-refractivity contribution in [2.24, 2.45) is 0 Å². The van der Waals surface area contributed by atoms with Gasteiger partial charge in [-0.05, 0) is 31.5 Å². The van der Waals surface area contributed by atoms with Gasteiger partial charge in [0, 0.05) is 29.4 Å². The standard InChI is InChI=1S/C17H17ClN6O2/c1-10-8-15(25)22-16(20-10)24-14(7-11(2)23-24)21-17(26)19-9-12-3-5-13(18)6-4-12/h3-8H,9H2,1-2H3,(H2,19,21,26)(H,20,22,25). The van der Waals surface area contributed by atoms with Crippen molar-refractivity contribution >= 4 is 23.4 Å². The van der Waals surface area contributed by atoms with Crippen LogP contribution in [0, 0.1) is 13.8 Å². The zero-order valence-electron chi connectivity index (χ0n) is 14.2. The van der Waals surface area contributed by atoms with Crippen LogP contribution in [0.25, 0.3) is 5.95 Å². The highest BCUT2D eigenvalue weighted by Gasteiger charge is 2.13. The minimum Gasteiger partial charge on any atom is -0.334 e. The van der Waals surface area contributed by atoms with Crippen molar-refractivity contribution in [3.63, 3.8) is 0 Å². The van der Waals surface area contributed by atoms with Gasteiger partial charge in [-0.2, -0.15) is 9.78 Å². The van der Waals surface area contributed by atoms with Crippen molar-refractivity contribution < 1.29 is 4.79 Å². The van der Waals surface area contributed by atoms with Crippen molar-refractivity contribution in [1.29, 1.82) is 0 Å². The van der Waals surface area contributed by atoms with Crippen LogP contribution in [-0.4, -0.2) is 25.8 Å². The fourth-order valence-corrected chi connectivity index (χ4v) is 2.48. The zero-order chi connectivity index (χ0) is 18.7. The van der Waals surface area contributed by atoms with Crippen LogP contribution in [0.5, 0.6) is 0 Å². The molecule has 0 bridgehead atoms. The van der Waals surface area contributed by atoms with Crippen LogP contribution in [0.3, 0.4) is 0 Å². The van der Waals surface area contributed by atoms with Gasteiger partial charge in [-0.15, -0.1) is 0 Å². The maximum Gasteiger partial charge on any atom is 0.320 e. The Morgan fingerprint density at radius 2 is 1.92 bits per heavy atom. The molecule has 0 saturated carbocycles. The summed E-state index contributed by atoms with van der Waals surface area (Å²) in [5, 5.41) is 10.4. The van der Waals surface area contributed by atoms with E-state index in [2.05, 4.69) is 25.7 Å². The molecule has 8 nitrogen and oxygen atoms in total.